The molecule has 0 atom stereocenters. The quantitative estimate of drug-likeness (QED) is 0.683. The van der Waals surface area contributed by atoms with Crippen molar-refractivity contribution in [3.8, 4) is 0 Å². The molecular weight excluding hydrogens is 356 g/mol. The van der Waals surface area contributed by atoms with Gasteiger partial charge in [0.15, 0.2) is 0 Å². The smallest absolute Gasteiger partial charge is 0.262 e. The minimum atomic E-state index is -3.78. The lowest BCUT2D eigenvalue weighted by Gasteiger charge is -2.11. The molecule has 0 aromatic heterocycles. The first-order valence-corrected chi connectivity index (χ1v) is 10.2. The van der Waals surface area contributed by atoms with Crippen molar-refractivity contribution in [2.45, 2.75) is 9.79 Å². The number of benzene rings is 3. The predicted octanol–water partition coefficient (Wildman–Crippen LogP) is 3.93. The number of rotatable bonds is 4. The van der Waals surface area contributed by atoms with Gasteiger partial charge in [-0.3, -0.25) is 9.52 Å². The maximum atomic E-state index is 12.9. The van der Waals surface area contributed by atoms with E-state index in [0.717, 1.165) is 4.90 Å². The van der Waals surface area contributed by atoms with E-state index in [1.54, 1.807) is 48.2 Å². The Morgan fingerprint density at radius 3 is 2.48 bits per heavy atom. The number of thioether (sulfide) groups is 1. The van der Waals surface area contributed by atoms with Crippen molar-refractivity contribution in [3.63, 3.8) is 0 Å². The van der Waals surface area contributed by atoms with Crippen molar-refractivity contribution in [3.05, 3.63) is 60.2 Å². The van der Waals surface area contributed by atoms with E-state index in [0.29, 0.717) is 27.7 Å². The van der Waals surface area contributed by atoms with Gasteiger partial charge in [-0.05, 0) is 48.7 Å². The maximum Gasteiger partial charge on any atom is 0.262 e. The first-order chi connectivity index (χ1) is 12.0. The van der Waals surface area contributed by atoms with Crippen molar-refractivity contribution in [1.29, 1.82) is 0 Å². The summed E-state index contributed by atoms with van der Waals surface area (Å²) in [7, 11) is -3.78. The number of amides is 1. The standard InChI is InChI=1S/C18H14N2O3S2/c1-24-12-7-5-11(6-8-12)20-25(22,23)16-10-9-15-17-13(16)3-2-4-14(17)18(21)19-15/h2-10,20H,1H3,(H,19,21). The molecule has 5 nitrogen and oxygen atoms in total. The molecule has 1 aliphatic rings. The van der Waals surface area contributed by atoms with Gasteiger partial charge in [0.1, 0.15) is 0 Å². The van der Waals surface area contributed by atoms with E-state index in [4.69, 9.17) is 0 Å². The van der Waals surface area contributed by atoms with Crippen LogP contribution in [0.15, 0.2) is 64.4 Å². The normalized spacial score (nSPS) is 13.1. The number of carbonyl (C=O) groups excluding carboxylic acids is 1. The summed E-state index contributed by atoms with van der Waals surface area (Å²) in [6.07, 6.45) is 1.96. The molecule has 1 amide bonds. The average Bonchev–Trinajstić information content (AvgIpc) is 2.93. The summed E-state index contributed by atoms with van der Waals surface area (Å²) in [5, 5.41) is 3.93. The first-order valence-electron chi connectivity index (χ1n) is 7.53. The minimum Gasteiger partial charge on any atom is -0.321 e. The Hall–Kier alpha value is -2.51. The number of anilines is 2. The minimum absolute atomic E-state index is 0.151. The molecule has 3 aromatic rings. The summed E-state index contributed by atoms with van der Waals surface area (Å²) < 4.78 is 28.4. The highest BCUT2D eigenvalue weighted by Crippen LogP contribution is 2.37. The van der Waals surface area contributed by atoms with Gasteiger partial charge in [-0.15, -0.1) is 11.8 Å². The van der Waals surface area contributed by atoms with Crippen molar-refractivity contribution in [2.75, 3.05) is 16.3 Å². The van der Waals surface area contributed by atoms with Crippen LogP contribution in [0.4, 0.5) is 11.4 Å². The van der Waals surface area contributed by atoms with E-state index < -0.39 is 10.0 Å². The molecule has 1 aliphatic heterocycles. The molecule has 1 heterocycles. The van der Waals surface area contributed by atoms with Gasteiger partial charge in [-0.25, -0.2) is 8.42 Å². The zero-order chi connectivity index (χ0) is 17.6. The second-order valence-electron chi connectivity index (χ2n) is 5.63. The van der Waals surface area contributed by atoms with Crippen LogP contribution >= 0.6 is 11.8 Å². The van der Waals surface area contributed by atoms with Gasteiger partial charge in [-0.2, -0.15) is 0 Å². The molecule has 0 aliphatic carbocycles. The topological polar surface area (TPSA) is 75.3 Å². The van der Waals surface area contributed by atoms with Crippen LogP contribution in [0.3, 0.4) is 0 Å². The summed E-state index contributed by atoms with van der Waals surface area (Å²) in [6.45, 7) is 0. The fraction of sp³-hybridized carbons (Fsp3) is 0.0556. The molecule has 0 saturated carbocycles. The Kier molecular flexibility index (Phi) is 3.70. The highest BCUT2D eigenvalue weighted by Gasteiger charge is 2.26. The van der Waals surface area contributed by atoms with Crippen LogP contribution in [-0.4, -0.2) is 20.6 Å². The van der Waals surface area contributed by atoms with Crippen molar-refractivity contribution < 1.29 is 13.2 Å². The van der Waals surface area contributed by atoms with Crippen LogP contribution in [0.1, 0.15) is 10.4 Å². The predicted molar refractivity (Wildman–Crippen MR) is 101 cm³/mol. The monoisotopic (exact) mass is 370 g/mol. The fourth-order valence-electron chi connectivity index (χ4n) is 2.97. The van der Waals surface area contributed by atoms with Crippen LogP contribution in [0, 0.1) is 0 Å². The van der Waals surface area contributed by atoms with Gasteiger partial charge in [0.25, 0.3) is 15.9 Å². The fourth-order valence-corrected chi connectivity index (χ4v) is 4.64. The largest absolute Gasteiger partial charge is 0.321 e. The molecule has 126 valence electrons. The third-order valence-electron chi connectivity index (χ3n) is 4.13. The number of nitrogens with one attached hydrogen (secondary N) is 2. The number of hydrogen-bond acceptors (Lipinski definition) is 4. The zero-order valence-corrected chi connectivity index (χ0v) is 14.9. The lowest BCUT2D eigenvalue weighted by molar-refractivity contribution is 0.103. The number of hydrogen-bond donors (Lipinski definition) is 2. The van der Waals surface area contributed by atoms with Gasteiger partial charge < -0.3 is 5.32 Å². The molecule has 3 aromatic carbocycles. The van der Waals surface area contributed by atoms with Crippen LogP contribution in [0.25, 0.3) is 10.8 Å². The SMILES string of the molecule is CSc1ccc(NS(=O)(=O)c2ccc3c4c(cccc24)C(=O)N3)cc1. The summed E-state index contributed by atoms with van der Waals surface area (Å²) in [6, 6.07) is 15.4. The molecule has 4 rings (SSSR count). The second kappa shape index (κ2) is 5.79. The van der Waals surface area contributed by atoms with E-state index in [2.05, 4.69) is 10.0 Å². The van der Waals surface area contributed by atoms with E-state index >= 15 is 0 Å². The highest BCUT2D eigenvalue weighted by atomic mass is 32.2. The molecular formula is C18H14N2O3S2. The molecule has 0 bridgehead atoms. The Balaban J connectivity index is 1.81. The molecule has 0 saturated heterocycles. The van der Waals surface area contributed by atoms with E-state index in [1.165, 1.54) is 6.07 Å². The van der Waals surface area contributed by atoms with Gasteiger partial charge in [-0.1, -0.05) is 12.1 Å². The number of sulfonamides is 1. The summed E-state index contributed by atoms with van der Waals surface area (Å²) in [5.74, 6) is -0.212. The Bertz CT molecular complexity index is 1110. The molecule has 0 fully saturated rings. The molecule has 7 heteroatoms. The van der Waals surface area contributed by atoms with Gasteiger partial charge in [0.05, 0.1) is 4.90 Å². The molecule has 25 heavy (non-hydrogen) atoms. The number of carbonyl (C=O) groups is 1. The van der Waals surface area contributed by atoms with Crippen molar-refractivity contribution >= 4 is 49.8 Å². The van der Waals surface area contributed by atoms with Gasteiger partial charge in [0, 0.05) is 32.6 Å². The third-order valence-corrected chi connectivity index (χ3v) is 6.31. The van der Waals surface area contributed by atoms with E-state index in [-0.39, 0.29) is 10.8 Å². The van der Waals surface area contributed by atoms with Crippen LogP contribution in [0.5, 0.6) is 0 Å². The molecule has 0 spiro atoms. The summed E-state index contributed by atoms with van der Waals surface area (Å²) in [5.41, 5.74) is 1.63. The highest BCUT2D eigenvalue weighted by molar-refractivity contribution is 7.98. The molecule has 0 radical (unpaired) electrons. The lowest BCUT2D eigenvalue weighted by Crippen LogP contribution is -2.13. The summed E-state index contributed by atoms with van der Waals surface area (Å²) >= 11 is 1.59. The van der Waals surface area contributed by atoms with E-state index in [9.17, 15) is 13.2 Å². The Labute approximate surface area is 149 Å². The summed E-state index contributed by atoms with van der Waals surface area (Å²) in [4.78, 5) is 13.2. The van der Waals surface area contributed by atoms with Gasteiger partial charge >= 0.3 is 0 Å². The maximum absolute atomic E-state index is 12.9. The Morgan fingerprint density at radius 2 is 1.76 bits per heavy atom. The van der Waals surface area contributed by atoms with E-state index in [1.807, 2.05) is 18.4 Å². The zero-order valence-electron chi connectivity index (χ0n) is 13.2. The van der Waals surface area contributed by atoms with Crippen LogP contribution in [0.2, 0.25) is 0 Å². The molecule has 0 unspecified atom stereocenters. The first kappa shape index (κ1) is 16.0. The lowest BCUT2D eigenvalue weighted by atomic mass is 10.1. The van der Waals surface area contributed by atoms with Crippen molar-refractivity contribution in [2.24, 2.45) is 0 Å². The Morgan fingerprint density at radius 1 is 1.00 bits per heavy atom. The molecule has 2 N–H and O–H groups in total. The van der Waals surface area contributed by atoms with Crippen LogP contribution in [-0.2, 0) is 10.0 Å². The average molecular weight is 370 g/mol. The van der Waals surface area contributed by atoms with Crippen molar-refractivity contribution in [1.82, 2.24) is 0 Å². The second-order valence-corrected chi connectivity index (χ2v) is 8.16. The van der Waals surface area contributed by atoms with Gasteiger partial charge in [0.2, 0.25) is 0 Å². The van der Waals surface area contributed by atoms with Crippen LogP contribution < -0.4 is 10.0 Å². The third kappa shape index (κ3) is 2.65.